The van der Waals surface area contributed by atoms with Gasteiger partial charge in [-0.15, -0.1) is 0 Å². The fourth-order valence-electron chi connectivity index (χ4n) is 1.79. The van der Waals surface area contributed by atoms with Crippen LogP contribution in [0.3, 0.4) is 0 Å². The Morgan fingerprint density at radius 2 is 1.80 bits per heavy atom. The summed E-state index contributed by atoms with van der Waals surface area (Å²) in [5.74, 6) is 0.752. The quantitative estimate of drug-likeness (QED) is 0.903. The molecule has 1 aromatic carbocycles. The van der Waals surface area contributed by atoms with Crippen LogP contribution in [-0.4, -0.2) is 24.6 Å². The van der Waals surface area contributed by atoms with Crippen molar-refractivity contribution in [2.24, 2.45) is 0 Å². The molecule has 0 unspecified atom stereocenters. The predicted molar refractivity (Wildman–Crippen MR) is 76.9 cm³/mol. The molecule has 0 aliphatic heterocycles. The van der Waals surface area contributed by atoms with Crippen molar-refractivity contribution < 1.29 is 8.42 Å². The van der Waals surface area contributed by atoms with Crippen molar-refractivity contribution >= 4 is 9.84 Å². The highest BCUT2D eigenvalue weighted by Gasteiger charge is 2.05. The molecule has 20 heavy (non-hydrogen) atoms. The zero-order chi connectivity index (χ0) is 14.6. The molecule has 5 nitrogen and oxygen atoms in total. The van der Waals surface area contributed by atoms with Gasteiger partial charge in [-0.1, -0.05) is 12.1 Å². The SMILES string of the molecule is Cc1nccc(CNCc2ccc(S(C)(=O)=O)cc2)n1. The largest absolute Gasteiger partial charge is 0.307 e. The Bertz CT molecular complexity index is 682. The Hall–Kier alpha value is -1.79. The van der Waals surface area contributed by atoms with Gasteiger partial charge in [-0.2, -0.15) is 0 Å². The standard InChI is InChI=1S/C14H17N3O2S/c1-11-16-8-7-13(17-11)10-15-9-12-3-5-14(6-4-12)20(2,18)19/h3-8,15H,9-10H2,1-2H3. The molecular formula is C14H17N3O2S. The van der Waals surface area contributed by atoms with Crippen LogP contribution in [-0.2, 0) is 22.9 Å². The normalized spacial score (nSPS) is 11.5. The van der Waals surface area contributed by atoms with E-state index < -0.39 is 9.84 Å². The minimum absolute atomic E-state index is 0.340. The summed E-state index contributed by atoms with van der Waals surface area (Å²) >= 11 is 0. The van der Waals surface area contributed by atoms with Gasteiger partial charge in [-0.3, -0.25) is 0 Å². The lowest BCUT2D eigenvalue weighted by Gasteiger charge is -2.06. The molecule has 0 aliphatic carbocycles. The molecule has 0 atom stereocenters. The van der Waals surface area contributed by atoms with E-state index in [4.69, 9.17) is 0 Å². The highest BCUT2D eigenvalue weighted by Crippen LogP contribution is 2.10. The van der Waals surface area contributed by atoms with E-state index >= 15 is 0 Å². The molecule has 0 fully saturated rings. The van der Waals surface area contributed by atoms with E-state index in [0.717, 1.165) is 17.1 Å². The molecule has 0 saturated heterocycles. The van der Waals surface area contributed by atoms with E-state index in [9.17, 15) is 8.42 Å². The summed E-state index contributed by atoms with van der Waals surface area (Å²) in [6.45, 7) is 3.16. The Morgan fingerprint density at radius 3 is 2.40 bits per heavy atom. The molecule has 2 rings (SSSR count). The lowest BCUT2D eigenvalue weighted by molar-refractivity contribution is 0.602. The summed E-state index contributed by atoms with van der Waals surface area (Å²) in [7, 11) is -3.13. The summed E-state index contributed by atoms with van der Waals surface area (Å²) in [6.07, 6.45) is 2.94. The van der Waals surface area contributed by atoms with Crippen molar-refractivity contribution in [2.45, 2.75) is 24.9 Å². The minimum Gasteiger partial charge on any atom is -0.307 e. The van der Waals surface area contributed by atoms with Gasteiger partial charge in [0.1, 0.15) is 5.82 Å². The summed E-state index contributed by atoms with van der Waals surface area (Å²) in [5, 5.41) is 3.26. The number of aryl methyl sites for hydroxylation is 1. The smallest absolute Gasteiger partial charge is 0.175 e. The molecule has 0 amide bonds. The van der Waals surface area contributed by atoms with Crippen LogP contribution in [0, 0.1) is 6.92 Å². The van der Waals surface area contributed by atoms with Gasteiger partial charge in [0.05, 0.1) is 10.6 Å². The Morgan fingerprint density at radius 1 is 1.10 bits per heavy atom. The first kappa shape index (κ1) is 14.6. The van der Waals surface area contributed by atoms with E-state index in [1.807, 2.05) is 25.1 Å². The Kier molecular flexibility index (Phi) is 4.46. The third-order valence-corrected chi connectivity index (χ3v) is 3.95. The minimum atomic E-state index is -3.13. The lowest BCUT2D eigenvalue weighted by Crippen LogP contribution is -2.14. The third-order valence-electron chi connectivity index (χ3n) is 2.82. The highest BCUT2D eigenvalue weighted by molar-refractivity contribution is 7.90. The average molecular weight is 291 g/mol. The molecule has 6 heteroatoms. The fraction of sp³-hybridized carbons (Fsp3) is 0.286. The van der Waals surface area contributed by atoms with Crippen molar-refractivity contribution in [1.82, 2.24) is 15.3 Å². The van der Waals surface area contributed by atoms with Crippen LogP contribution >= 0.6 is 0 Å². The summed E-state index contributed by atoms with van der Waals surface area (Å²) in [4.78, 5) is 8.68. The van der Waals surface area contributed by atoms with E-state index in [1.165, 1.54) is 6.26 Å². The van der Waals surface area contributed by atoms with Gasteiger partial charge < -0.3 is 5.32 Å². The van der Waals surface area contributed by atoms with Crippen LogP contribution in [0.5, 0.6) is 0 Å². The zero-order valence-electron chi connectivity index (χ0n) is 11.5. The topological polar surface area (TPSA) is 72.0 Å². The number of hydrogen-bond donors (Lipinski definition) is 1. The van der Waals surface area contributed by atoms with Crippen molar-refractivity contribution in [3.05, 3.63) is 53.6 Å². The molecule has 0 radical (unpaired) electrons. The summed E-state index contributed by atoms with van der Waals surface area (Å²) in [5.41, 5.74) is 1.97. The van der Waals surface area contributed by atoms with Gasteiger partial charge >= 0.3 is 0 Å². The summed E-state index contributed by atoms with van der Waals surface area (Å²) < 4.78 is 22.7. The van der Waals surface area contributed by atoms with E-state index in [-0.39, 0.29) is 0 Å². The van der Waals surface area contributed by atoms with Gasteiger partial charge in [-0.25, -0.2) is 18.4 Å². The highest BCUT2D eigenvalue weighted by atomic mass is 32.2. The predicted octanol–water partition coefficient (Wildman–Crippen LogP) is 1.48. The molecule has 1 N–H and O–H groups in total. The molecule has 0 saturated carbocycles. The van der Waals surface area contributed by atoms with Gasteiger partial charge in [0.15, 0.2) is 9.84 Å². The molecular weight excluding hydrogens is 274 g/mol. The third kappa shape index (κ3) is 4.11. The van der Waals surface area contributed by atoms with Crippen LogP contribution in [0.15, 0.2) is 41.4 Å². The first-order valence-electron chi connectivity index (χ1n) is 6.23. The first-order valence-corrected chi connectivity index (χ1v) is 8.12. The van der Waals surface area contributed by atoms with Crippen LogP contribution in [0.2, 0.25) is 0 Å². The van der Waals surface area contributed by atoms with E-state index in [1.54, 1.807) is 18.3 Å². The van der Waals surface area contributed by atoms with Crippen molar-refractivity contribution in [1.29, 1.82) is 0 Å². The van der Waals surface area contributed by atoms with Crippen molar-refractivity contribution in [3.63, 3.8) is 0 Å². The number of hydrogen-bond acceptors (Lipinski definition) is 5. The monoisotopic (exact) mass is 291 g/mol. The first-order chi connectivity index (χ1) is 9.45. The molecule has 0 aliphatic rings. The van der Waals surface area contributed by atoms with E-state index in [0.29, 0.717) is 18.0 Å². The number of rotatable bonds is 5. The number of nitrogens with one attached hydrogen (secondary N) is 1. The molecule has 106 valence electrons. The number of nitrogens with zero attached hydrogens (tertiary/aromatic N) is 2. The maximum atomic E-state index is 11.3. The fourth-order valence-corrected chi connectivity index (χ4v) is 2.42. The maximum absolute atomic E-state index is 11.3. The molecule has 2 aromatic rings. The maximum Gasteiger partial charge on any atom is 0.175 e. The van der Waals surface area contributed by atoms with Crippen LogP contribution in [0.4, 0.5) is 0 Å². The van der Waals surface area contributed by atoms with Crippen molar-refractivity contribution in [2.75, 3.05) is 6.26 Å². The average Bonchev–Trinajstić information content (AvgIpc) is 2.38. The lowest BCUT2D eigenvalue weighted by atomic mass is 10.2. The Balaban J connectivity index is 1.92. The second-order valence-electron chi connectivity index (χ2n) is 4.61. The number of benzene rings is 1. The molecule has 0 bridgehead atoms. The second-order valence-corrected chi connectivity index (χ2v) is 6.63. The second kappa shape index (κ2) is 6.11. The molecule has 1 heterocycles. The molecule has 0 spiro atoms. The van der Waals surface area contributed by atoms with Crippen LogP contribution in [0.1, 0.15) is 17.1 Å². The Labute approximate surface area is 119 Å². The van der Waals surface area contributed by atoms with Crippen LogP contribution in [0.25, 0.3) is 0 Å². The number of aromatic nitrogens is 2. The van der Waals surface area contributed by atoms with Gasteiger partial charge in [0.2, 0.25) is 0 Å². The van der Waals surface area contributed by atoms with Gasteiger partial charge in [0.25, 0.3) is 0 Å². The number of sulfone groups is 1. The van der Waals surface area contributed by atoms with E-state index in [2.05, 4.69) is 15.3 Å². The zero-order valence-corrected chi connectivity index (χ0v) is 12.3. The molecule has 1 aromatic heterocycles. The summed E-state index contributed by atoms with van der Waals surface area (Å²) in [6, 6.07) is 8.75. The van der Waals surface area contributed by atoms with Gasteiger partial charge in [0, 0.05) is 25.5 Å². The van der Waals surface area contributed by atoms with Crippen LogP contribution < -0.4 is 5.32 Å². The van der Waals surface area contributed by atoms with Gasteiger partial charge in [-0.05, 0) is 30.7 Å². The van der Waals surface area contributed by atoms with Crippen molar-refractivity contribution in [3.8, 4) is 0 Å².